The van der Waals surface area contributed by atoms with Gasteiger partial charge in [-0.05, 0) is 6.10 Å². The van der Waals surface area contributed by atoms with E-state index in [-0.39, 0.29) is 50.0 Å². The van der Waals surface area contributed by atoms with Gasteiger partial charge in [-0.1, -0.05) is 0 Å². The summed E-state index contributed by atoms with van der Waals surface area (Å²) < 4.78 is 0. The minimum absolute atomic E-state index is 0. The molecule has 0 amide bonds. The van der Waals surface area contributed by atoms with Crippen LogP contribution in [0.15, 0.2) is 0 Å². The van der Waals surface area contributed by atoms with Crippen molar-refractivity contribution in [2.24, 2.45) is 0 Å². The largest absolute Gasteiger partial charge is 0.0158 e. The second-order valence-electron chi connectivity index (χ2n) is 0.0583. The van der Waals surface area contributed by atoms with Crippen molar-refractivity contribution in [3.63, 3.8) is 0 Å². The molecule has 0 bridgehead atoms. The van der Waals surface area contributed by atoms with Gasteiger partial charge in [0.2, 0.25) is 0 Å². The number of hydrogen-bond donors (Lipinski definition) is 0. The van der Waals surface area contributed by atoms with E-state index in [4.69, 9.17) is 0 Å². The Bertz CT molecular complexity index is 9.61. The van der Waals surface area contributed by atoms with Crippen LogP contribution in [0.3, 0.4) is 0 Å². The zero-order valence-electron chi connectivity index (χ0n) is 2.17. The van der Waals surface area contributed by atoms with Crippen molar-refractivity contribution >= 4 is 48.5 Å². The molecule has 5 heavy (non-hydrogen) atoms. The van der Waals surface area contributed by atoms with Crippen molar-refractivity contribution in [3.05, 3.63) is 0 Å². The van der Waals surface area contributed by atoms with E-state index < -0.39 is 0 Å². The Kier molecular flexibility index (Phi) is 49.5. The van der Waals surface area contributed by atoms with Crippen LogP contribution in [-0.2, 0) is 50.0 Å². The van der Waals surface area contributed by atoms with Crippen LogP contribution in [-0.4, -0.2) is 0 Å². The number of halogens is 2. The van der Waals surface area contributed by atoms with Gasteiger partial charge in [0.25, 0.3) is 0 Å². The summed E-state index contributed by atoms with van der Waals surface area (Å²) in [5, 5.41) is 0. The Morgan fingerprint density at radius 3 is 1.20 bits per heavy atom. The third-order valence-corrected chi connectivity index (χ3v) is 0. The molecule has 0 aromatic heterocycles. The Labute approximate surface area is 96.2 Å². The summed E-state index contributed by atoms with van der Waals surface area (Å²) in [4.78, 5) is 0. The first-order valence-corrected chi connectivity index (χ1v) is 6.21. The maximum atomic E-state index is 2.19. The Hall–Kier alpha value is 3.49. The molecule has 0 aliphatic heterocycles. The molecular weight excluding hydrogens is 594 g/mol. The predicted molar refractivity (Wildman–Crippen MR) is 35.6 cm³/mol. The van der Waals surface area contributed by atoms with E-state index in [0.717, 1.165) is 0 Å². The summed E-state index contributed by atoms with van der Waals surface area (Å²) in [7, 11) is 0. The molecule has 1 radical (unpaired) electrons. The van der Waals surface area contributed by atoms with Crippen molar-refractivity contribution < 1.29 is 50.0 Å². The Morgan fingerprint density at radius 1 is 1.20 bits per heavy atom. The van der Waals surface area contributed by atoms with Crippen LogP contribution in [0.25, 0.3) is 0 Å². The fourth-order valence-corrected chi connectivity index (χ4v) is 0. The van der Waals surface area contributed by atoms with Crippen molar-refractivity contribution in [1.29, 1.82) is 0 Å². The number of rotatable bonds is 0. The second-order valence-corrected chi connectivity index (χ2v) is 7.87. The van der Waals surface area contributed by atoms with Gasteiger partial charge in [-0.2, -0.15) is 0 Å². The van der Waals surface area contributed by atoms with Crippen molar-refractivity contribution in [2.75, 3.05) is 0 Å². The molecule has 0 unspecified atom stereocenters. The molecule has 0 saturated heterocycles. The van der Waals surface area contributed by atoms with Gasteiger partial charge in [0.15, 0.2) is 0 Å². The van der Waals surface area contributed by atoms with Gasteiger partial charge in [0.1, 0.15) is 0 Å². The molecule has 0 aliphatic rings. The zero-order valence-corrected chi connectivity index (χ0v) is 14.3. The molecular formula is AgHgI2S. The summed E-state index contributed by atoms with van der Waals surface area (Å²) in [6.07, 6.45) is 1.69. The molecule has 5 heteroatoms. The molecule has 0 fully saturated rings. The van der Waals surface area contributed by atoms with E-state index in [9.17, 15) is 0 Å². The molecule has 0 atom stereocenters. The molecule has 0 heterocycles. The first-order chi connectivity index (χ1) is 1.41. The van der Waals surface area contributed by atoms with Crippen LogP contribution in [0.4, 0.5) is 0 Å². The van der Waals surface area contributed by atoms with Crippen LogP contribution in [0.5, 0.6) is 0 Å². The summed E-state index contributed by atoms with van der Waals surface area (Å²) in [5.74, 6) is 0. The van der Waals surface area contributed by atoms with Gasteiger partial charge in [-0.15, -0.1) is 0 Å². The topological polar surface area (TPSA) is 0 Å². The molecule has 0 saturated carbocycles. The van der Waals surface area contributed by atoms with Crippen LogP contribution in [0, 0.1) is 0 Å². The van der Waals surface area contributed by atoms with Crippen LogP contribution >= 0.6 is 48.5 Å². The molecule has 33 valence electrons. The van der Waals surface area contributed by atoms with Gasteiger partial charge in [0.05, 0.1) is 0 Å². The molecule has 0 N–H and O–H groups in total. The average molecular weight is 594 g/mol. The first kappa shape index (κ1) is 15.8. The van der Waals surface area contributed by atoms with E-state index in [0.29, 0.717) is 0 Å². The fourth-order valence-electron chi connectivity index (χ4n) is 0. The zero-order chi connectivity index (χ0) is 2.71. The van der Waals surface area contributed by atoms with E-state index in [1.165, 1.54) is 0 Å². The van der Waals surface area contributed by atoms with Crippen molar-refractivity contribution in [2.45, 2.75) is 0 Å². The van der Waals surface area contributed by atoms with Gasteiger partial charge in [0, 0.05) is 92.5 Å². The Morgan fingerprint density at radius 2 is 1.20 bits per heavy atom. The van der Waals surface area contributed by atoms with Crippen molar-refractivity contribution in [3.8, 4) is 0 Å². The third-order valence-electron chi connectivity index (χ3n) is 0. The standard InChI is InChI=1S/Ag.Hg.I2S/c;;1-3-2. The third kappa shape index (κ3) is 18.5. The van der Waals surface area contributed by atoms with Gasteiger partial charge in [-0.3, -0.25) is 0 Å². The van der Waals surface area contributed by atoms with Crippen molar-refractivity contribution in [1.82, 2.24) is 0 Å². The molecule has 0 rings (SSSR count). The van der Waals surface area contributed by atoms with E-state index in [2.05, 4.69) is 42.4 Å². The van der Waals surface area contributed by atoms with Gasteiger partial charge >= 0.3 is 0 Å². The molecule has 0 spiro atoms. The second kappa shape index (κ2) is 15.6. The molecule has 0 aromatic rings. The van der Waals surface area contributed by atoms with E-state index >= 15 is 0 Å². The van der Waals surface area contributed by atoms with Crippen LogP contribution in [0.1, 0.15) is 0 Å². The smallest absolute Gasteiger partial charge is 0.00791 e. The summed E-state index contributed by atoms with van der Waals surface area (Å²) >= 11 is 4.38. The fraction of sp³-hybridized carbons (Fsp3) is 0. The molecule has 0 aliphatic carbocycles. The molecule has 0 nitrogen and oxygen atoms in total. The summed E-state index contributed by atoms with van der Waals surface area (Å²) in [6.45, 7) is 0. The maximum Gasteiger partial charge on any atom is 0.00791 e. The van der Waals surface area contributed by atoms with Gasteiger partial charge in [-0.25, -0.2) is 0 Å². The van der Waals surface area contributed by atoms with Crippen LogP contribution < -0.4 is 0 Å². The normalized spacial score (nSPS) is 3.60. The summed E-state index contributed by atoms with van der Waals surface area (Å²) in [5.41, 5.74) is 0. The maximum absolute atomic E-state index is 2.19. The monoisotopic (exact) mass is 595 g/mol. The first-order valence-electron chi connectivity index (χ1n) is 0.309. The average Bonchev–Trinajstić information content (AvgIpc) is 0.918. The SMILES string of the molecule is ISI.[Ag].[Hg]. The quantitative estimate of drug-likeness (QED) is 0.307. The van der Waals surface area contributed by atoms with Crippen LogP contribution in [0.2, 0.25) is 0 Å². The minimum Gasteiger partial charge on any atom is -0.0158 e. The predicted octanol–water partition coefficient (Wildman–Crippen LogP) is 2.41. The summed E-state index contributed by atoms with van der Waals surface area (Å²) in [6, 6.07) is 0. The Balaban J connectivity index is -0.0000000200. The van der Waals surface area contributed by atoms with E-state index in [1.807, 2.05) is 0 Å². The molecule has 0 aromatic carbocycles. The van der Waals surface area contributed by atoms with Gasteiger partial charge < -0.3 is 0 Å². The van der Waals surface area contributed by atoms with E-state index in [1.54, 1.807) is 6.10 Å². The number of hydrogen-bond acceptors (Lipinski definition) is 1. The minimum atomic E-state index is 0.